The average molecular weight is 314 g/mol. The van der Waals surface area contributed by atoms with Crippen molar-refractivity contribution in [2.75, 3.05) is 5.32 Å². The number of aromatic amines is 1. The lowest BCUT2D eigenvalue weighted by Crippen LogP contribution is -2.12. The first-order valence-electron chi connectivity index (χ1n) is 8.01. The van der Waals surface area contributed by atoms with Gasteiger partial charge in [-0.2, -0.15) is 0 Å². The van der Waals surface area contributed by atoms with E-state index >= 15 is 0 Å². The second kappa shape index (κ2) is 5.53. The molecule has 3 nitrogen and oxygen atoms in total. The molecule has 0 bridgehead atoms. The minimum Gasteiger partial charge on any atom is -0.358 e. The molecule has 0 fully saturated rings. The molecule has 0 unspecified atom stereocenters. The van der Waals surface area contributed by atoms with E-state index in [4.69, 9.17) is 0 Å². The number of anilines is 1. The summed E-state index contributed by atoms with van der Waals surface area (Å²) in [6.45, 7) is 4.12. The third-order valence-corrected chi connectivity index (χ3v) is 4.61. The summed E-state index contributed by atoms with van der Waals surface area (Å²) in [7, 11) is 0. The summed E-state index contributed by atoms with van der Waals surface area (Å²) in [5.41, 5.74) is 4.88. The molecule has 4 aromatic rings. The van der Waals surface area contributed by atoms with Crippen LogP contribution in [0.5, 0.6) is 0 Å². The molecule has 2 N–H and O–H groups in total. The Kier molecular flexibility index (Phi) is 3.35. The van der Waals surface area contributed by atoms with Crippen LogP contribution >= 0.6 is 0 Å². The van der Waals surface area contributed by atoms with Crippen LogP contribution in [0.2, 0.25) is 0 Å². The van der Waals surface area contributed by atoms with E-state index in [0.29, 0.717) is 5.56 Å². The highest BCUT2D eigenvalue weighted by Gasteiger charge is 2.11. The van der Waals surface area contributed by atoms with Crippen molar-refractivity contribution in [1.29, 1.82) is 0 Å². The summed E-state index contributed by atoms with van der Waals surface area (Å²) in [4.78, 5) is 16.0. The van der Waals surface area contributed by atoms with Crippen molar-refractivity contribution in [1.82, 2.24) is 4.98 Å². The number of aromatic nitrogens is 1. The van der Waals surface area contributed by atoms with Gasteiger partial charge in [-0.1, -0.05) is 36.4 Å². The molecule has 118 valence electrons. The molecule has 3 aromatic carbocycles. The van der Waals surface area contributed by atoms with Crippen LogP contribution in [-0.2, 0) is 0 Å². The smallest absolute Gasteiger partial charge is 0.255 e. The average Bonchev–Trinajstić information content (AvgIpc) is 2.89. The molecule has 0 radical (unpaired) electrons. The van der Waals surface area contributed by atoms with E-state index in [1.54, 1.807) is 0 Å². The molecule has 4 rings (SSSR count). The molecule has 3 heteroatoms. The number of carbonyl (C=O) groups is 1. The maximum atomic E-state index is 12.7. The van der Waals surface area contributed by atoms with Gasteiger partial charge in [0.05, 0.1) is 0 Å². The van der Waals surface area contributed by atoms with Crippen LogP contribution in [0.15, 0.2) is 60.7 Å². The van der Waals surface area contributed by atoms with Gasteiger partial charge < -0.3 is 10.3 Å². The van der Waals surface area contributed by atoms with Gasteiger partial charge in [-0.05, 0) is 49.1 Å². The van der Waals surface area contributed by atoms with Crippen LogP contribution in [0.3, 0.4) is 0 Å². The van der Waals surface area contributed by atoms with E-state index in [9.17, 15) is 4.79 Å². The van der Waals surface area contributed by atoms with Crippen molar-refractivity contribution in [3.8, 4) is 0 Å². The summed E-state index contributed by atoms with van der Waals surface area (Å²) in [5, 5.41) is 6.30. The van der Waals surface area contributed by atoms with Gasteiger partial charge in [0.1, 0.15) is 0 Å². The highest BCUT2D eigenvalue weighted by Crippen LogP contribution is 2.25. The van der Waals surface area contributed by atoms with E-state index in [2.05, 4.69) is 17.2 Å². The lowest BCUT2D eigenvalue weighted by molar-refractivity contribution is 0.102. The number of benzene rings is 3. The van der Waals surface area contributed by atoms with Crippen molar-refractivity contribution in [3.63, 3.8) is 0 Å². The molecule has 0 aliphatic rings. The number of carbonyl (C=O) groups excluding carboxylic acids is 1. The van der Waals surface area contributed by atoms with Crippen molar-refractivity contribution in [2.24, 2.45) is 0 Å². The van der Waals surface area contributed by atoms with Gasteiger partial charge >= 0.3 is 0 Å². The molecule has 1 amide bonds. The fraction of sp³-hybridized carbons (Fsp3) is 0.0952. The van der Waals surface area contributed by atoms with Crippen LogP contribution in [0.4, 0.5) is 5.69 Å². The Balaban J connectivity index is 1.72. The molecule has 1 heterocycles. The lowest BCUT2D eigenvalue weighted by Gasteiger charge is -2.09. The third-order valence-electron chi connectivity index (χ3n) is 4.61. The first-order chi connectivity index (χ1) is 11.6. The molecule has 0 spiro atoms. The fourth-order valence-electron chi connectivity index (χ4n) is 3.13. The predicted octanol–water partition coefficient (Wildman–Crippen LogP) is 5.19. The first-order valence-corrected chi connectivity index (χ1v) is 8.01. The zero-order valence-electron chi connectivity index (χ0n) is 13.7. The molecule has 0 aliphatic heterocycles. The number of fused-ring (bicyclic) bond motifs is 2. The lowest BCUT2D eigenvalue weighted by atomic mass is 10.1. The van der Waals surface area contributed by atoms with Gasteiger partial charge in [-0.15, -0.1) is 0 Å². The Bertz CT molecular complexity index is 1070. The summed E-state index contributed by atoms with van der Waals surface area (Å²) in [6.07, 6.45) is 0. The second-order valence-electron chi connectivity index (χ2n) is 6.12. The Morgan fingerprint density at radius 2 is 1.71 bits per heavy atom. The Morgan fingerprint density at radius 1 is 0.917 bits per heavy atom. The molecule has 24 heavy (non-hydrogen) atoms. The van der Waals surface area contributed by atoms with Crippen LogP contribution in [0.1, 0.15) is 21.6 Å². The fourth-order valence-corrected chi connectivity index (χ4v) is 3.13. The Morgan fingerprint density at radius 3 is 2.58 bits per heavy atom. The summed E-state index contributed by atoms with van der Waals surface area (Å²) in [6, 6.07) is 19.8. The van der Waals surface area contributed by atoms with Crippen molar-refractivity contribution >= 4 is 33.3 Å². The number of aryl methyl sites for hydroxylation is 2. The van der Waals surface area contributed by atoms with Crippen molar-refractivity contribution in [3.05, 3.63) is 77.5 Å². The van der Waals surface area contributed by atoms with E-state index < -0.39 is 0 Å². The Labute approximate surface area is 140 Å². The Hall–Kier alpha value is -3.07. The summed E-state index contributed by atoms with van der Waals surface area (Å²) >= 11 is 0. The largest absolute Gasteiger partial charge is 0.358 e. The van der Waals surface area contributed by atoms with Gasteiger partial charge in [0.25, 0.3) is 5.91 Å². The highest BCUT2D eigenvalue weighted by molar-refractivity contribution is 6.10. The van der Waals surface area contributed by atoms with Gasteiger partial charge in [0.2, 0.25) is 0 Å². The van der Waals surface area contributed by atoms with Crippen LogP contribution in [0.25, 0.3) is 21.7 Å². The molecule has 0 atom stereocenters. The van der Waals surface area contributed by atoms with Crippen LogP contribution in [-0.4, -0.2) is 10.9 Å². The monoisotopic (exact) mass is 314 g/mol. The molecular formula is C21H18N2O. The quantitative estimate of drug-likeness (QED) is 0.525. The van der Waals surface area contributed by atoms with E-state index in [0.717, 1.165) is 33.1 Å². The molecule has 0 saturated heterocycles. The summed E-state index contributed by atoms with van der Waals surface area (Å²) in [5.74, 6) is -0.0912. The number of hydrogen-bond acceptors (Lipinski definition) is 1. The maximum absolute atomic E-state index is 12.7. The number of H-pyrrole nitrogens is 1. The summed E-state index contributed by atoms with van der Waals surface area (Å²) < 4.78 is 0. The zero-order valence-corrected chi connectivity index (χ0v) is 13.7. The standard InChI is InChI=1S/C21H18N2O/c1-13-14(2)22-20-11-10-16(12-18(13)20)21(24)23-19-9-5-7-15-6-3-4-8-17(15)19/h3-12,22H,1-2H3,(H,23,24). The maximum Gasteiger partial charge on any atom is 0.255 e. The van der Waals surface area contributed by atoms with Gasteiger partial charge in [0.15, 0.2) is 0 Å². The predicted molar refractivity (Wildman–Crippen MR) is 99.7 cm³/mol. The molecule has 0 saturated carbocycles. The second-order valence-corrected chi connectivity index (χ2v) is 6.12. The van der Waals surface area contributed by atoms with Gasteiger partial charge in [0, 0.05) is 33.2 Å². The third kappa shape index (κ3) is 2.35. The topological polar surface area (TPSA) is 44.9 Å². The normalized spacial score (nSPS) is 11.1. The minimum atomic E-state index is -0.0912. The SMILES string of the molecule is Cc1[nH]c2ccc(C(=O)Nc3cccc4ccccc34)cc2c1C. The van der Waals surface area contributed by atoms with Crippen molar-refractivity contribution < 1.29 is 4.79 Å². The molecule has 1 aromatic heterocycles. The van der Waals surface area contributed by atoms with Gasteiger partial charge in [-0.3, -0.25) is 4.79 Å². The zero-order chi connectivity index (χ0) is 16.7. The molecular weight excluding hydrogens is 296 g/mol. The van der Waals surface area contributed by atoms with E-state index in [1.165, 1.54) is 5.56 Å². The first kappa shape index (κ1) is 14.5. The van der Waals surface area contributed by atoms with Crippen LogP contribution in [0, 0.1) is 13.8 Å². The van der Waals surface area contributed by atoms with E-state index in [-0.39, 0.29) is 5.91 Å². The number of rotatable bonds is 2. The highest BCUT2D eigenvalue weighted by atomic mass is 16.1. The van der Waals surface area contributed by atoms with Crippen LogP contribution < -0.4 is 5.32 Å². The number of amides is 1. The number of nitrogens with one attached hydrogen (secondary N) is 2. The van der Waals surface area contributed by atoms with Gasteiger partial charge in [-0.25, -0.2) is 0 Å². The minimum absolute atomic E-state index is 0.0912. The van der Waals surface area contributed by atoms with Crippen molar-refractivity contribution in [2.45, 2.75) is 13.8 Å². The molecule has 0 aliphatic carbocycles. The number of hydrogen-bond donors (Lipinski definition) is 2. The van der Waals surface area contributed by atoms with E-state index in [1.807, 2.05) is 67.6 Å².